The van der Waals surface area contributed by atoms with E-state index in [0.717, 1.165) is 0 Å². The average Bonchev–Trinajstić information content (AvgIpc) is 2.76. The van der Waals surface area contributed by atoms with Gasteiger partial charge in [0.25, 0.3) is 0 Å². The molecule has 2 heterocycles. The van der Waals surface area contributed by atoms with E-state index in [2.05, 4.69) is 9.97 Å². The molecule has 3 rings (SSSR count). The number of aromatic hydroxyl groups is 1. The lowest BCUT2D eigenvalue weighted by atomic mass is 10.2. The van der Waals surface area contributed by atoms with Gasteiger partial charge < -0.3 is 15.3 Å². The number of hydrogen-bond acceptors (Lipinski definition) is 5. The van der Waals surface area contributed by atoms with Gasteiger partial charge in [0.15, 0.2) is 17.0 Å². The first kappa shape index (κ1) is 9.65. The summed E-state index contributed by atoms with van der Waals surface area (Å²) in [6.45, 7) is 0. The normalized spacial score (nSPS) is 10.8. The van der Waals surface area contributed by atoms with Gasteiger partial charge in [-0.15, -0.1) is 0 Å². The fourth-order valence-corrected chi connectivity index (χ4v) is 1.62. The third-order valence-corrected chi connectivity index (χ3v) is 2.46. The van der Waals surface area contributed by atoms with Crippen LogP contribution in [0.5, 0.6) is 5.75 Å². The summed E-state index contributed by atoms with van der Waals surface area (Å²) in [7, 11) is 0. The van der Waals surface area contributed by atoms with E-state index in [-0.39, 0.29) is 11.4 Å². The van der Waals surface area contributed by atoms with Crippen molar-refractivity contribution in [3.63, 3.8) is 0 Å². The quantitative estimate of drug-likeness (QED) is 0.491. The monoisotopic (exact) mass is 227 g/mol. The number of phenols is 1. The smallest absolute Gasteiger partial charge is 0.232 e. The minimum atomic E-state index is -0.0287. The van der Waals surface area contributed by atoms with Gasteiger partial charge in [-0.25, -0.2) is 4.98 Å². The number of oxazole rings is 1. The van der Waals surface area contributed by atoms with E-state index < -0.39 is 0 Å². The summed E-state index contributed by atoms with van der Waals surface area (Å²) < 4.78 is 5.50. The molecule has 0 aliphatic rings. The highest BCUT2D eigenvalue weighted by Gasteiger charge is 2.13. The number of fused-ring (bicyclic) bond motifs is 1. The highest BCUT2D eigenvalue weighted by Crippen LogP contribution is 2.34. The van der Waals surface area contributed by atoms with Crippen molar-refractivity contribution in [3.05, 3.63) is 36.5 Å². The number of aromatic nitrogens is 2. The van der Waals surface area contributed by atoms with Crippen molar-refractivity contribution in [1.29, 1.82) is 0 Å². The fourth-order valence-electron chi connectivity index (χ4n) is 1.62. The molecule has 0 saturated heterocycles. The molecule has 0 fully saturated rings. The molecule has 0 bridgehead atoms. The van der Waals surface area contributed by atoms with E-state index in [1.165, 1.54) is 0 Å². The Labute approximate surface area is 96.5 Å². The first-order valence-corrected chi connectivity index (χ1v) is 5.05. The SMILES string of the molecule is Nc1cccc(-c2nc3ncccc3o2)c1O. The van der Waals surface area contributed by atoms with Crippen LogP contribution in [0.1, 0.15) is 0 Å². The van der Waals surface area contributed by atoms with Crippen molar-refractivity contribution in [2.45, 2.75) is 0 Å². The Morgan fingerprint density at radius 1 is 1.18 bits per heavy atom. The molecule has 84 valence electrons. The van der Waals surface area contributed by atoms with Gasteiger partial charge in [0.1, 0.15) is 0 Å². The molecular formula is C12H9N3O2. The minimum Gasteiger partial charge on any atom is -0.505 e. The molecule has 0 atom stereocenters. The van der Waals surface area contributed by atoms with Crippen molar-refractivity contribution in [2.24, 2.45) is 0 Å². The molecule has 0 saturated carbocycles. The molecule has 2 aromatic heterocycles. The lowest BCUT2D eigenvalue weighted by molar-refractivity contribution is 0.476. The highest BCUT2D eigenvalue weighted by molar-refractivity contribution is 5.77. The maximum Gasteiger partial charge on any atom is 0.232 e. The van der Waals surface area contributed by atoms with Gasteiger partial charge in [0.2, 0.25) is 5.89 Å². The molecule has 0 aliphatic carbocycles. The molecule has 3 aromatic rings. The summed E-state index contributed by atoms with van der Waals surface area (Å²) in [6, 6.07) is 8.56. The van der Waals surface area contributed by atoms with Crippen LogP contribution in [0.3, 0.4) is 0 Å². The Hall–Kier alpha value is -2.56. The third kappa shape index (κ3) is 1.48. The second kappa shape index (κ2) is 3.48. The molecule has 3 N–H and O–H groups in total. The van der Waals surface area contributed by atoms with Gasteiger partial charge in [-0.1, -0.05) is 6.07 Å². The topological polar surface area (TPSA) is 85.2 Å². The lowest BCUT2D eigenvalue weighted by Gasteiger charge is -2.01. The van der Waals surface area contributed by atoms with Crippen LogP contribution < -0.4 is 5.73 Å². The number of para-hydroxylation sites is 1. The molecule has 0 aliphatic heterocycles. The number of hydrogen-bond donors (Lipinski definition) is 2. The van der Waals surface area contributed by atoms with E-state index in [1.807, 2.05) is 0 Å². The Morgan fingerprint density at radius 2 is 2.06 bits per heavy atom. The van der Waals surface area contributed by atoms with Crippen LogP contribution in [-0.4, -0.2) is 15.1 Å². The standard InChI is InChI=1S/C12H9N3O2/c13-8-4-1-3-7(10(8)16)12-15-11-9(17-12)5-2-6-14-11/h1-6,16H,13H2. The van der Waals surface area contributed by atoms with Crippen molar-refractivity contribution in [1.82, 2.24) is 9.97 Å². The minimum absolute atomic E-state index is 0.0287. The summed E-state index contributed by atoms with van der Waals surface area (Å²) in [5.74, 6) is 0.280. The van der Waals surface area contributed by atoms with Gasteiger partial charge in [-0.3, -0.25) is 0 Å². The van der Waals surface area contributed by atoms with Crippen molar-refractivity contribution in [2.75, 3.05) is 5.73 Å². The Kier molecular flexibility index (Phi) is 1.98. The number of pyridine rings is 1. The van der Waals surface area contributed by atoms with Gasteiger partial charge in [-0.05, 0) is 24.3 Å². The maximum absolute atomic E-state index is 9.83. The molecule has 0 amide bonds. The van der Waals surface area contributed by atoms with E-state index in [4.69, 9.17) is 10.2 Å². The van der Waals surface area contributed by atoms with Crippen LogP contribution in [0.2, 0.25) is 0 Å². The lowest BCUT2D eigenvalue weighted by Crippen LogP contribution is -1.87. The summed E-state index contributed by atoms with van der Waals surface area (Å²) in [4.78, 5) is 8.25. The van der Waals surface area contributed by atoms with Crippen molar-refractivity contribution in [3.8, 4) is 17.2 Å². The molecule has 5 nitrogen and oxygen atoms in total. The highest BCUT2D eigenvalue weighted by atomic mass is 16.4. The fraction of sp³-hybridized carbons (Fsp3) is 0. The van der Waals surface area contributed by atoms with Crippen LogP contribution in [0.4, 0.5) is 5.69 Å². The summed E-state index contributed by atoms with van der Waals surface area (Å²) in [5.41, 5.74) is 7.45. The summed E-state index contributed by atoms with van der Waals surface area (Å²) >= 11 is 0. The number of rotatable bonds is 1. The Balaban J connectivity index is 2.24. The molecular weight excluding hydrogens is 218 g/mol. The summed E-state index contributed by atoms with van der Waals surface area (Å²) in [5, 5.41) is 9.83. The number of nitrogen functional groups attached to an aromatic ring is 1. The van der Waals surface area contributed by atoms with Crippen molar-refractivity contribution >= 4 is 16.9 Å². The predicted molar refractivity (Wildman–Crippen MR) is 63.3 cm³/mol. The first-order valence-electron chi connectivity index (χ1n) is 5.05. The number of anilines is 1. The van der Waals surface area contributed by atoms with Crippen LogP contribution in [0, 0.1) is 0 Å². The zero-order valence-corrected chi connectivity index (χ0v) is 8.79. The molecule has 0 unspecified atom stereocenters. The van der Waals surface area contributed by atoms with Gasteiger partial charge >= 0.3 is 0 Å². The van der Waals surface area contributed by atoms with Gasteiger partial charge in [-0.2, -0.15) is 4.98 Å². The van der Waals surface area contributed by atoms with Crippen LogP contribution in [-0.2, 0) is 0 Å². The van der Waals surface area contributed by atoms with Crippen LogP contribution in [0.25, 0.3) is 22.7 Å². The predicted octanol–water partition coefficient (Wildman–Crippen LogP) is 2.18. The number of phenolic OH excluding ortho intramolecular Hbond substituents is 1. The largest absolute Gasteiger partial charge is 0.505 e. The van der Waals surface area contributed by atoms with Crippen molar-refractivity contribution < 1.29 is 9.52 Å². The first-order chi connectivity index (χ1) is 8.25. The van der Waals surface area contributed by atoms with Crippen LogP contribution >= 0.6 is 0 Å². The van der Waals surface area contributed by atoms with Gasteiger partial charge in [0, 0.05) is 6.20 Å². The second-order valence-electron chi connectivity index (χ2n) is 3.59. The van der Waals surface area contributed by atoms with E-state index in [0.29, 0.717) is 22.7 Å². The van der Waals surface area contributed by atoms with Crippen LogP contribution in [0.15, 0.2) is 40.9 Å². The number of nitrogens with zero attached hydrogens (tertiary/aromatic N) is 2. The number of nitrogens with two attached hydrogens (primary N) is 1. The maximum atomic E-state index is 9.83. The Bertz CT molecular complexity index is 658. The third-order valence-electron chi connectivity index (χ3n) is 2.46. The molecule has 5 heteroatoms. The second-order valence-corrected chi connectivity index (χ2v) is 3.59. The zero-order chi connectivity index (χ0) is 11.8. The molecule has 0 spiro atoms. The van der Waals surface area contributed by atoms with E-state index in [9.17, 15) is 5.11 Å². The van der Waals surface area contributed by atoms with E-state index >= 15 is 0 Å². The molecule has 17 heavy (non-hydrogen) atoms. The zero-order valence-electron chi connectivity index (χ0n) is 8.79. The van der Waals surface area contributed by atoms with E-state index in [1.54, 1.807) is 36.5 Å². The molecule has 0 radical (unpaired) electrons. The summed E-state index contributed by atoms with van der Waals surface area (Å²) in [6.07, 6.45) is 1.63. The number of benzene rings is 1. The Morgan fingerprint density at radius 3 is 2.88 bits per heavy atom. The molecule has 1 aromatic carbocycles. The van der Waals surface area contributed by atoms with Gasteiger partial charge in [0.05, 0.1) is 11.3 Å². The average molecular weight is 227 g/mol.